The van der Waals surface area contributed by atoms with Crippen LogP contribution < -0.4 is 10.6 Å². The second-order valence-corrected chi connectivity index (χ2v) is 4.91. The van der Waals surface area contributed by atoms with Crippen LogP contribution in [0.1, 0.15) is 24.8 Å². The molecule has 1 aliphatic carbocycles. The van der Waals surface area contributed by atoms with Gasteiger partial charge in [0.25, 0.3) is 0 Å². The van der Waals surface area contributed by atoms with Gasteiger partial charge in [-0.05, 0) is 36.1 Å². The highest BCUT2D eigenvalue weighted by Gasteiger charge is 2.20. The Morgan fingerprint density at radius 1 is 1.35 bits per heavy atom. The standard InChI is InChI=1S/C15H18N2O3/c18-14(19)7-6-12-2-1-3-13(10-12)17-15(20)16-9-8-11-4-5-11/h1-3,6-7,10-11H,4-5,8-9H2,(H,18,19)(H2,16,17,20)/b7-6+. The van der Waals surface area contributed by atoms with Crippen LogP contribution in [0.15, 0.2) is 30.3 Å². The van der Waals surface area contributed by atoms with Crippen molar-refractivity contribution in [3.63, 3.8) is 0 Å². The average molecular weight is 274 g/mol. The van der Waals surface area contributed by atoms with Gasteiger partial charge < -0.3 is 15.7 Å². The number of aliphatic carboxylic acids is 1. The van der Waals surface area contributed by atoms with Gasteiger partial charge >= 0.3 is 12.0 Å². The van der Waals surface area contributed by atoms with E-state index in [9.17, 15) is 9.59 Å². The fourth-order valence-electron chi connectivity index (χ4n) is 1.86. The first-order valence-corrected chi connectivity index (χ1v) is 6.69. The Labute approximate surface area is 117 Å². The predicted molar refractivity (Wildman–Crippen MR) is 77.5 cm³/mol. The third-order valence-electron chi connectivity index (χ3n) is 3.10. The van der Waals surface area contributed by atoms with Gasteiger partial charge in [0.05, 0.1) is 0 Å². The summed E-state index contributed by atoms with van der Waals surface area (Å²) in [5.74, 6) is -0.207. The Morgan fingerprint density at radius 3 is 2.85 bits per heavy atom. The molecule has 3 N–H and O–H groups in total. The van der Waals surface area contributed by atoms with Gasteiger partial charge in [0.1, 0.15) is 0 Å². The second-order valence-electron chi connectivity index (χ2n) is 4.91. The van der Waals surface area contributed by atoms with Gasteiger partial charge in [0, 0.05) is 18.3 Å². The average Bonchev–Trinajstić information content (AvgIpc) is 3.21. The highest BCUT2D eigenvalue weighted by molar-refractivity contribution is 5.90. The molecule has 0 aliphatic heterocycles. The topological polar surface area (TPSA) is 78.4 Å². The molecule has 0 atom stereocenters. The van der Waals surface area contributed by atoms with Gasteiger partial charge in [-0.1, -0.05) is 25.0 Å². The number of hydrogen-bond acceptors (Lipinski definition) is 2. The number of carboxylic acid groups (broad SMARTS) is 1. The molecular weight excluding hydrogens is 256 g/mol. The summed E-state index contributed by atoms with van der Waals surface area (Å²) in [7, 11) is 0. The molecule has 1 aromatic rings. The fraction of sp³-hybridized carbons (Fsp3) is 0.333. The minimum absolute atomic E-state index is 0.231. The molecule has 0 spiro atoms. The molecule has 106 valence electrons. The normalized spacial score (nSPS) is 14.2. The molecule has 1 fully saturated rings. The third-order valence-corrected chi connectivity index (χ3v) is 3.10. The Morgan fingerprint density at radius 2 is 2.15 bits per heavy atom. The molecule has 2 rings (SSSR count). The minimum Gasteiger partial charge on any atom is -0.478 e. The fourth-order valence-corrected chi connectivity index (χ4v) is 1.86. The minimum atomic E-state index is -0.999. The zero-order chi connectivity index (χ0) is 14.4. The number of amides is 2. The molecule has 1 aromatic carbocycles. The lowest BCUT2D eigenvalue weighted by atomic mass is 10.2. The van der Waals surface area contributed by atoms with E-state index in [2.05, 4.69) is 10.6 Å². The van der Waals surface area contributed by atoms with Gasteiger partial charge in [-0.15, -0.1) is 0 Å². The Hall–Kier alpha value is -2.30. The van der Waals surface area contributed by atoms with E-state index in [1.165, 1.54) is 18.9 Å². The maximum absolute atomic E-state index is 11.7. The van der Waals surface area contributed by atoms with Crippen molar-refractivity contribution in [3.8, 4) is 0 Å². The molecule has 0 radical (unpaired) electrons. The molecule has 1 saturated carbocycles. The first-order valence-electron chi connectivity index (χ1n) is 6.69. The van der Waals surface area contributed by atoms with Crippen molar-refractivity contribution < 1.29 is 14.7 Å². The van der Waals surface area contributed by atoms with Crippen molar-refractivity contribution in [1.82, 2.24) is 5.32 Å². The van der Waals surface area contributed by atoms with Crippen LogP contribution in [0.2, 0.25) is 0 Å². The smallest absolute Gasteiger partial charge is 0.328 e. The zero-order valence-electron chi connectivity index (χ0n) is 11.1. The van der Waals surface area contributed by atoms with Crippen molar-refractivity contribution in [1.29, 1.82) is 0 Å². The summed E-state index contributed by atoms with van der Waals surface area (Å²) in [4.78, 5) is 22.1. The SMILES string of the molecule is O=C(O)/C=C/c1cccc(NC(=O)NCCC2CC2)c1. The zero-order valence-corrected chi connectivity index (χ0v) is 11.1. The van der Waals surface area contributed by atoms with Crippen LogP contribution in [0.4, 0.5) is 10.5 Å². The quantitative estimate of drug-likeness (QED) is 0.698. The van der Waals surface area contributed by atoms with E-state index in [4.69, 9.17) is 5.11 Å². The van der Waals surface area contributed by atoms with Crippen LogP contribution in [0.5, 0.6) is 0 Å². The third kappa shape index (κ3) is 5.14. The van der Waals surface area contributed by atoms with Crippen molar-refractivity contribution in [2.75, 3.05) is 11.9 Å². The van der Waals surface area contributed by atoms with E-state index in [-0.39, 0.29) is 6.03 Å². The van der Waals surface area contributed by atoms with E-state index in [0.717, 1.165) is 24.0 Å². The summed E-state index contributed by atoms with van der Waals surface area (Å²) in [6, 6.07) is 6.79. The molecule has 0 bridgehead atoms. The molecule has 0 aromatic heterocycles. The van der Waals surface area contributed by atoms with Gasteiger partial charge in [0.2, 0.25) is 0 Å². The lowest BCUT2D eigenvalue weighted by Crippen LogP contribution is -2.29. The van der Waals surface area contributed by atoms with Crippen LogP contribution >= 0.6 is 0 Å². The summed E-state index contributed by atoms with van der Waals surface area (Å²) in [6.07, 6.45) is 6.14. The first kappa shape index (κ1) is 14.1. The van der Waals surface area contributed by atoms with E-state index in [0.29, 0.717) is 12.2 Å². The number of carboxylic acids is 1. The molecular formula is C15H18N2O3. The lowest BCUT2D eigenvalue weighted by molar-refractivity contribution is -0.131. The molecule has 5 heteroatoms. The summed E-state index contributed by atoms with van der Waals surface area (Å²) >= 11 is 0. The van der Waals surface area contributed by atoms with Crippen LogP contribution in [-0.4, -0.2) is 23.7 Å². The number of anilines is 1. The van der Waals surface area contributed by atoms with Crippen molar-refractivity contribution in [2.45, 2.75) is 19.3 Å². The van der Waals surface area contributed by atoms with Crippen molar-refractivity contribution >= 4 is 23.8 Å². The summed E-state index contributed by atoms with van der Waals surface area (Å²) < 4.78 is 0. The summed E-state index contributed by atoms with van der Waals surface area (Å²) in [5.41, 5.74) is 1.37. The molecule has 0 saturated heterocycles. The molecule has 20 heavy (non-hydrogen) atoms. The molecule has 2 amide bonds. The number of carbonyl (C=O) groups is 2. The maximum Gasteiger partial charge on any atom is 0.328 e. The maximum atomic E-state index is 11.7. The molecule has 5 nitrogen and oxygen atoms in total. The highest BCUT2D eigenvalue weighted by Crippen LogP contribution is 2.31. The van der Waals surface area contributed by atoms with Crippen LogP contribution in [-0.2, 0) is 4.79 Å². The van der Waals surface area contributed by atoms with Crippen molar-refractivity contribution in [3.05, 3.63) is 35.9 Å². The molecule has 0 heterocycles. The monoisotopic (exact) mass is 274 g/mol. The van der Waals surface area contributed by atoms with Gasteiger partial charge in [0.15, 0.2) is 0 Å². The number of carbonyl (C=O) groups excluding carboxylic acids is 1. The summed E-state index contributed by atoms with van der Waals surface area (Å²) in [5, 5.41) is 14.1. The molecule has 0 unspecified atom stereocenters. The van der Waals surface area contributed by atoms with Crippen LogP contribution in [0.25, 0.3) is 6.08 Å². The van der Waals surface area contributed by atoms with E-state index >= 15 is 0 Å². The van der Waals surface area contributed by atoms with Gasteiger partial charge in [-0.3, -0.25) is 0 Å². The number of hydrogen-bond donors (Lipinski definition) is 3. The number of nitrogens with one attached hydrogen (secondary N) is 2. The van der Waals surface area contributed by atoms with Crippen LogP contribution in [0, 0.1) is 5.92 Å². The highest BCUT2D eigenvalue weighted by atomic mass is 16.4. The predicted octanol–water partition coefficient (Wildman–Crippen LogP) is 2.71. The Balaban J connectivity index is 1.82. The van der Waals surface area contributed by atoms with Gasteiger partial charge in [-0.25, -0.2) is 9.59 Å². The lowest BCUT2D eigenvalue weighted by Gasteiger charge is -2.07. The Kier molecular flexibility index (Phi) is 4.76. The van der Waals surface area contributed by atoms with Crippen molar-refractivity contribution in [2.24, 2.45) is 5.92 Å². The number of benzene rings is 1. The second kappa shape index (κ2) is 6.75. The van der Waals surface area contributed by atoms with Gasteiger partial charge in [-0.2, -0.15) is 0 Å². The number of urea groups is 1. The van der Waals surface area contributed by atoms with E-state index in [1.807, 2.05) is 0 Å². The van der Waals surface area contributed by atoms with E-state index in [1.54, 1.807) is 24.3 Å². The van der Waals surface area contributed by atoms with Crippen LogP contribution in [0.3, 0.4) is 0 Å². The Bertz CT molecular complexity index is 522. The first-order chi connectivity index (χ1) is 9.63. The molecule has 1 aliphatic rings. The summed E-state index contributed by atoms with van der Waals surface area (Å²) in [6.45, 7) is 0.690. The number of rotatable bonds is 6. The largest absolute Gasteiger partial charge is 0.478 e. The van der Waals surface area contributed by atoms with E-state index < -0.39 is 5.97 Å².